The third kappa shape index (κ3) is 2.64. The number of hydrogen-bond donors (Lipinski definition) is 0. The van der Waals surface area contributed by atoms with Crippen LogP contribution in [0.1, 0.15) is 15.9 Å². The summed E-state index contributed by atoms with van der Waals surface area (Å²) in [5.41, 5.74) is 1.63. The van der Waals surface area contributed by atoms with Gasteiger partial charge >= 0.3 is 11.9 Å². The lowest BCUT2D eigenvalue weighted by Crippen LogP contribution is -2.03. The van der Waals surface area contributed by atoms with Gasteiger partial charge in [0.05, 0.1) is 16.8 Å². The lowest BCUT2D eigenvalue weighted by Gasteiger charge is -2.02. The Morgan fingerprint density at radius 1 is 1.14 bits per heavy atom. The summed E-state index contributed by atoms with van der Waals surface area (Å²) in [6, 6.07) is 13.6. The van der Waals surface area contributed by atoms with Crippen molar-refractivity contribution < 1.29 is 19.1 Å². The molecule has 1 aliphatic rings. The number of carbonyl (C=O) groups is 2. The molecule has 5 nitrogen and oxygen atoms in total. The van der Waals surface area contributed by atoms with E-state index in [-0.39, 0.29) is 5.90 Å². The predicted octanol–water partition coefficient (Wildman–Crippen LogP) is 3.03. The van der Waals surface area contributed by atoms with E-state index in [0.29, 0.717) is 22.6 Å². The third-order valence-corrected chi connectivity index (χ3v) is 3.00. The van der Waals surface area contributed by atoms with Crippen LogP contribution in [0.25, 0.3) is 0 Å². The second-order valence-corrected chi connectivity index (χ2v) is 4.47. The predicted molar refractivity (Wildman–Crippen MR) is 80.3 cm³/mol. The summed E-state index contributed by atoms with van der Waals surface area (Å²) < 4.78 is 10.2. The minimum atomic E-state index is -0.553. The van der Waals surface area contributed by atoms with Crippen molar-refractivity contribution in [2.24, 2.45) is 4.99 Å². The highest BCUT2D eigenvalue weighted by Crippen LogP contribution is 2.25. The van der Waals surface area contributed by atoms with Gasteiger partial charge in [-0.25, -0.2) is 14.6 Å². The first-order valence-electron chi connectivity index (χ1n) is 6.52. The minimum absolute atomic E-state index is 0.229. The molecular weight excluding hydrogens is 282 g/mol. The maximum Gasteiger partial charge on any atom is 0.345 e. The molecule has 0 fully saturated rings. The number of benzene rings is 2. The molecule has 0 spiro atoms. The number of rotatable bonds is 3. The lowest BCUT2D eigenvalue weighted by atomic mass is 10.1. The zero-order valence-corrected chi connectivity index (χ0v) is 11.5. The van der Waals surface area contributed by atoms with Crippen LogP contribution in [0.5, 0.6) is 5.75 Å². The fourth-order valence-electron chi connectivity index (χ4n) is 2.02. The first-order chi connectivity index (χ1) is 10.7. The molecule has 2 aromatic rings. The molecule has 0 radical (unpaired) electrons. The van der Waals surface area contributed by atoms with E-state index in [1.165, 1.54) is 0 Å². The van der Waals surface area contributed by atoms with Gasteiger partial charge in [-0.1, -0.05) is 24.8 Å². The van der Waals surface area contributed by atoms with Crippen molar-refractivity contribution in [1.29, 1.82) is 0 Å². The molecule has 0 aliphatic carbocycles. The van der Waals surface area contributed by atoms with Gasteiger partial charge in [-0.3, -0.25) is 0 Å². The van der Waals surface area contributed by atoms with E-state index < -0.39 is 11.9 Å². The van der Waals surface area contributed by atoms with E-state index in [0.717, 1.165) is 6.08 Å². The van der Waals surface area contributed by atoms with Crippen LogP contribution in [0.4, 0.5) is 5.69 Å². The fraction of sp³-hybridized carbons (Fsp3) is 0. The molecule has 2 aromatic carbocycles. The number of carbonyl (C=O) groups excluding carboxylic acids is 2. The molecule has 0 aromatic heterocycles. The Balaban J connectivity index is 1.93. The molecule has 0 atom stereocenters. The molecule has 1 heterocycles. The molecule has 0 saturated carbocycles. The van der Waals surface area contributed by atoms with Crippen molar-refractivity contribution in [3.05, 3.63) is 72.3 Å². The molecule has 22 heavy (non-hydrogen) atoms. The van der Waals surface area contributed by atoms with Crippen LogP contribution < -0.4 is 4.74 Å². The Kier molecular flexibility index (Phi) is 3.53. The minimum Gasteiger partial charge on any atom is -0.423 e. The van der Waals surface area contributed by atoms with Gasteiger partial charge in [0.2, 0.25) is 5.90 Å². The van der Waals surface area contributed by atoms with Crippen LogP contribution in [0.15, 0.2) is 66.2 Å². The van der Waals surface area contributed by atoms with Crippen LogP contribution >= 0.6 is 0 Å². The zero-order valence-electron chi connectivity index (χ0n) is 11.5. The average Bonchev–Trinajstić information content (AvgIpc) is 2.84. The molecule has 0 bridgehead atoms. The first kappa shape index (κ1) is 13.8. The maximum absolute atomic E-state index is 11.7. The Hall–Kier alpha value is -3.21. The largest absolute Gasteiger partial charge is 0.423 e. The number of cyclic esters (lactones) is 1. The summed E-state index contributed by atoms with van der Waals surface area (Å²) in [4.78, 5) is 27.2. The Morgan fingerprint density at radius 2 is 1.91 bits per heavy atom. The monoisotopic (exact) mass is 293 g/mol. The third-order valence-electron chi connectivity index (χ3n) is 3.00. The number of fused-ring (bicyclic) bond motifs is 1. The average molecular weight is 293 g/mol. The number of hydrogen-bond acceptors (Lipinski definition) is 5. The molecule has 0 saturated heterocycles. The van der Waals surface area contributed by atoms with E-state index in [4.69, 9.17) is 9.47 Å². The van der Waals surface area contributed by atoms with Crippen molar-refractivity contribution in [2.45, 2.75) is 0 Å². The normalized spacial score (nSPS) is 14.4. The Labute approximate surface area is 126 Å². The summed E-state index contributed by atoms with van der Waals surface area (Å²) >= 11 is 0. The fourth-order valence-corrected chi connectivity index (χ4v) is 2.02. The zero-order chi connectivity index (χ0) is 15.5. The standard InChI is InChI=1S/C17H11NO4/c1-2-15(19)21-12-7-5-6-11(10-12)18-16-13-8-3-4-9-14(13)17(20)22-16/h2-10H,1H2. The molecule has 0 amide bonds. The van der Waals surface area contributed by atoms with Gasteiger partial charge in [-0.15, -0.1) is 0 Å². The number of aliphatic imine (C=N–C) groups is 1. The molecule has 1 aliphatic heterocycles. The van der Waals surface area contributed by atoms with Crippen molar-refractivity contribution >= 4 is 23.5 Å². The molecule has 108 valence electrons. The summed E-state index contributed by atoms with van der Waals surface area (Å²) in [6.45, 7) is 3.34. The lowest BCUT2D eigenvalue weighted by molar-refractivity contribution is -0.128. The molecule has 3 rings (SSSR count). The first-order valence-corrected chi connectivity index (χ1v) is 6.52. The van der Waals surface area contributed by atoms with Gasteiger partial charge in [0.1, 0.15) is 5.75 Å². The molecular formula is C17H11NO4. The number of esters is 2. The highest BCUT2D eigenvalue weighted by molar-refractivity contribution is 6.17. The highest BCUT2D eigenvalue weighted by Gasteiger charge is 2.27. The van der Waals surface area contributed by atoms with Gasteiger partial charge < -0.3 is 9.47 Å². The van der Waals surface area contributed by atoms with E-state index in [1.807, 2.05) is 0 Å². The molecule has 0 N–H and O–H groups in total. The molecule has 5 heteroatoms. The van der Waals surface area contributed by atoms with Crippen LogP contribution in [0, 0.1) is 0 Å². The van der Waals surface area contributed by atoms with Crippen molar-refractivity contribution in [2.75, 3.05) is 0 Å². The number of nitrogens with zero attached hydrogens (tertiary/aromatic N) is 1. The summed E-state index contributed by atoms with van der Waals surface area (Å²) in [6.07, 6.45) is 1.08. The van der Waals surface area contributed by atoms with Gasteiger partial charge in [-0.05, 0) is 24.3 Å². The number of ether oxygens (including phenoxy) is 2. The topological polar surface area (TPSA) is 65.0 Å². The van der Waals surface area contributed by atoms with Gasteiger partial charge in [0.15, 0.2) is 0 Å². The Morgan fingerprint density at radius 3 is 2.68 bits per heavy atom. The van der Waals surface area contributed by atoms with Crippen LogP contribution in [0.3, 0.4) is 0 Å². The highest BCUT2D eigenvalue weighted by atomic mass is 16.5. The second-order valence-electron chi connectivity index (χ2n) is 4.47. The van der Waals surface area contributed by atoms with Crippen molar-refractivity contribution in [1.82, 2.24) is 0 Å². The van der Waals surface area contributed by atoms with Crippen molar-refractivity contribution in [3.8, 4) is 5.75 Å². The second kappa shape index (κ2) is 5.65. The van der Waals surface area contributed by atoms with Crippen LogP contribution in [-0.2, 0) is 9.53 Å². The van der Waals surface area contributed by atoms with E-state index in [2.05, 4.69) is 11.6 Å². The SMILES string of the molecule is C=CC(=O)Oc1cccc(N=C2OC(=O)c3ccccc32)c1. The van der Waals surface area contributed by atoms with Crippen molar-refractivity contribution in [3.63, 3.8) is 0 Å². The van der Waals surface area contributed by atoms with E-state index >= 15 is 0 Å². The van der Waals surface area contributed by atoms with E-state index in [9.17, 15) is 9.59 Å². The Bertz CT molecular complexity index is 808. The van der Waals surface area contributed by atoms with Gasteiger partial charge in [-0.2, -0.15) is 0 Å². The quantitative estimate of drug-likeness (QED) is 0.495. The van der Waals surface area contributed by atoms with Gasteiger partial charge in [0, 0.05) is 12.1 Å². The molecule has 0 unspecified atom stereocenters. The van der Waals surface area contributed by atoms with E-state index in [1.54, 1.807) is 48.5 Å². The summed E-state index contributed by atoms with van der Waals surface area (Å²) in [5, 5.41) is 0. The van der Waals surface area contributed by atoms with Crippen LogP contribution in [0.2, 0.25) is 0 Å². The maximum atomic E-state index is 11.7. The smallest absolute Gasteiger partial charge is 0.345 e. The van der Waals surface area contributed by atoms with Crippen LogP contribution in [-0.4, -0.2) is 17.8 Å². The van der Waals surface area contributed by atoms with Gasteiger partial charge in [0.25, 0.3) is 0 Å². The summed E-state index contributed by atoms with van der Waals surface area (Å²) in [5.74, 6) is -0.414. The summed E-state index contributed by atoms with van der Waals surface area (Å²) in [7, 11) is 0.